The molecule has 1 aromatic rings. The molecule has 1 unspecified atom stereocenters. The van der Waals surface area contributed by atoms with Crippen molar-refractivity contribution >= 4 is 17.3 Å². The van der Waals surface area contributed by atoms with E-state index in [4.69, 9.17) is 18.0 Å². The molecular formula is C11H17N3S. The van der Waals surface area contributed by atoms with Crippen LogP contribution < -0.4 is 16.4 Å². The van der Waals surface area contributed by atoms with E-state index < -0.39 is 0 Å². The molecule has 0 bridgehead atoms. The van der Waals surface area contributed by atoms with Gasteiger partial charge in [-0.25, -0.2) is 0 Å². The zero-order chi connectivity index (χ0) is 11.1. The van der Waals surface area contributed by atoms with Crippen LogP contribution in [0.3, 0.4) is 0 Å². The summed E-state index contributed by atoms with van der Waals surface area (Å²) in [7, 11) is 0. The van der Waals surface area contributed by atoms with Gasteiger partial charge in [-0.3, -0.25) is 0 Å². The molecule has 82 valence electrons. The molecule has 4 heteroatoms. The predicted octanol–water partition coefficient (Wildman–Crippen LogP) is 1.17. The van der Waals surface area contributed by atoms with Crippen LogP contribution in [0.15, 0.2) is 30.3 Å². The Morgan fingerprint density at radius 2 is 2.07 bits per heavy atom. The fraction of sp³-hybridized carbons (Fsp3) is 0.364. The van der Waals surface area contributed by atoms with Crippen LogP contribution in [0.5, 0.6) is 0 Å². The lowest BCUT2D eigenvalue weighted by Gasteiger charge is -2.18. The largest absolute Gasteiger partial charge is 0.376 e. The maximum atomic E-state index is 5.41. The summed E-state index contributed by atoms with van der Waals surface area (Å²) in [5.74, 6) is 0. The number of nitrogens with one attached hydrogen (secondary N) is 2. The summed E-state index contributed by atoms with van der Waals surface area (Å²) in [6, 6.07) is 10.5. The Labute approximate surface area is 96.1 Å². The van der Waals surface area contributed by atoms with Crippen molar-refractivity contribution in [2.45, 2.75) is 13.0 Å². The molecule has 0 radical (unpaired) electrons. The van der Waals surface area contributed by atoms with Crippen LogP contribution in [0.4, 0.5) is 0 Å². The second-order valence-electron chi connectivity index (χ2n) is 3.27. The Bertz CT molecular complexity index is 300. The third kappa shape index (κ3) is 4.27. The van der Waals surface area contributed by atoms with Crippen molar-refractivity contribution in [1.82, 2.24) is 10.6 Å². The van der Waals surface area contributed by atoms with Gasteiger partial charge in [-0.15, -0.1) is 0 Å². The number of benzene rings is 1. The highest BCUT2D eigenvalue weighted by Crippen LogP contribution is 2.10. The Kier molecular flexibility index (Phi) is 5.07. The van der Waals surface area contributed by atoms with E-state index in [0.29, 0.717) is 11.7 Å². The molecule has 15 heavy (non-hydrogen) atoms. The summed E-state index contributed by atoms with van der Waals surface area (Å²) in [6.45, 7) is 3.71. The standard InChI is InChI=1S/C11H17N3S/c1-2-13-10(8-14-11(12)15)9-6-4-3-5-7-9/h3-7,10,13H,2,8H2,1H3,(H3,12,14,15). The van der Waals surface area contributed by atoms with Gasteiger partial charge in [0.2, 0.25) is 0 Å². The average Bonchev–Trinajstić information content (AvgIpc) is 2.25. The van der Waals surface area contributed by atoms with Crippen LogP contribution in [-0.2, 0) is 0 Å². The lowest BCUT2D eigenvalue weighted by Crippen LogP contribution is -2.37. The molecule has 1 rings (SSSR count). The smallest absolute Gasteiger partial charge is 0.163 e. The number of hydrogen-bond donors (Lipinski definition) is 3. The lowest BCUT2D eigenvalue weighted by atomic mass is 10.1. The zero-order valence-corrected chi connectivity index (χ0v) is 9.68. The summed E-state index contributed by atoms with van der Waals surface area (Å²) in [6.07, 6.45) is 0. The van der Waals surface area contributed by atoms with Crippen LogP contribution >= 0.6 is 12.2 Å². The van der Waals surface area contributed by atoms with Gasteiger partial charge in [-0.05, 0) is 24.3 Å². The molecule has 0 spiro atoms. The van der Waals surface area contributed by atoms with Crippen LogP contribution in [0, 0.1) is 0 Å². The van der Waals surface area contributed by atoms with Gasteiger partial charge >= 0.3 is 0 Å². The summed E-state index contributed by atoms with van der Waals surface area (Å²) < 4.78 is 0. The Balaban J connectivity index is 2.61. The highest BCUT2D eigenvalue weighted by molar-refractivity contribution is 7.80. The fourth-order valence-corrected chi connectivity index (χ4v) is 1.53. The first-order valence-corrected chi connectivity index (χ1v) is 5.46. The monoisotopic (exact) mass is 223 g/mol. The van der Waals surface area contributed by atoms with Crippen molar-refractivity contribution in [3.05, 3.63) is 35.9 Å². The van der Waals surface area contributed by atoms with Gasteiger partial charge in [0.05, 0.1) is 0 Å². The molecule has 0 aliphatic carbocycles. The molecule has 0 amide bonds. The van der Waals surface area contributed by atoms with E-state index in [9.17, 15) is 0 Å². The second-order valence-corrected chi connectivity index (χ2v) is 3.71. The SMILES string of the molecule is CCNC(CNC(N)=S)c1ccccc1. The summed E-state index contributed by atoms with van der Waals surface area (Å²) in [4.78, 5) is 0. The minimum absolute atomic E-state index is 0.248. The molecule has 0 aromatic heterocycles. The molecular weight excluding hydrogens is 206 g/mol. The first-order chi connectivity index (χ1) is 7.24. The molecule has 3 nitrogen and oxygen atoms in total. The quantitative estimate of drug-likeness (QED) is 0.656. The van der Waals surface area contributed by atoms with Crippen molar-refractivity contribution in [3.8, 4) is 0 Å². The normalized spacial score (nSPS) is 12.1. The van der Waals surface area contributed by atoms with E-state index in [1.807, 2.05) is 18.2 Å². The Morgan fingerprint density at radius 1 is 1.40 bits per heavy atom. The number of nitrogens with two attached hydrogens (primary N) is 1. The van der Waals surface area contributed by atoms with Gasteiger partial charge in [-0.2, -0.15) is 0 Å². The molecule has 0 aliphatic heterocycles. The van der Waals surface area contributed by atoms with Crippen LogP contribution in [0.25, 0.3) is 0 Å². The van der Waals surface area contributed by atoms with Crippen LogP contribution in [0.1, 0.15) is 18.5 Å². The third-order valence-corrected chi connectivity index (χ3v) is 2.28. The summed E-state index contributed by atoms with van der Waals surface area (Å²) >= 11 is 4.79. The number of hydrogen-bond acceptors (Lipinski definition) is 2. The van der Waals surface area contributed by atoms with E-state index in [1.165, 1.54) is 5.56 Å². The maximum Gasteiger partial charge on any atom is 0.163 e. The molecule has 0 saturated carbocycles. The Hall–Kier alpha value is -1.13. The Morgan fingerprint density at radius 3 is 2.60 bits per heavy atom. The highest BCUT2D eigenvalue weighted by atomic mass is 32.1. The zero-order valence-electron chi connectivity index (χ0n) is 8.86. The number of likely N-dealkylation sites (N-methyl/N-ethyl adjacent to an activating group) is 1. The van der Waals surface area contributed by atoms with Gasteiger partial charge in [0, 0.05) is 12.6 Å². The van der Waals surface area contributed by atoms with Crippen molar-refractivity contribution < 1.29 is 0 Å². The molecule has 0 saturated heterocycles. The second kappa shape index (κ2) is 6.37. The van der Waals surface area contributed by atoms with Crippen LogP contribution in [-0.4, -0.2) is 18.2 Å². The predicted molar refractivity (Wildman–Crippen MR) is 67.6 cm³/mol. The van der Waals surface area contributed by atoms with Gasteiger partial charge in [0.25, 0.3) is 0 Å². The maximum absolute atomic E-state index is 5.41. The first kappa shape index (κ1) is 11.9. The minimum Gasteiger partial charge on any atom is -0.376 e. The molecule has 4 N–H and O–H groups in total. The van der Waals surface area contributed by atoms with Gasteiger partial charge < -0.3 is 16.4 Å². The van der Waals surface area contributed by atoms with E-state index in [2.05, 4.69) is 29.7 Å². The van der Waals surface area contributed by atoms with E-state index in [-0.39, 0.29) is 6.04 Å². The number of thiocarbonyl (C=S) groups is 1. The minimum atomic E-state index is 0.248. The lowest BCUT2D eigenvalue weighted by molar-refractivity contribution is 0.542. The van der Waals surface area contributed by atoms with Gasteiger partial charge in [0.15, 0.2) is 5.11 Å². The van der Waals surface area contributed by atoms with Gasteiger partial charge in [0.1, 0.15) is 0 Å². The topological polar surface area (TPSA) is 50.1 Å². The van der Waals surface area contributed by atoms with Crippen molar-refractivity contribution in [2.75, 3.05) is 13.1 Å². The van der Waals surface area contributed by atoms with E-state index in [1.54, 1.807) is 0 Å². The molecule has 0 fully saturated rings. The van der Waals surface area contributed by atoms with Crippen LogP contribution in [0.2, 0.25) is 0 Å². The fourth-order valence-electron chi connectivity index (χ4n) is 1.44. The molecule has 1 atom stereocenters. The number of rotatable bonds is 5. The van der Waals surface area contributed by atoms with Crippen molar-refractivity contribution in [2.24, 2.45) is 5.73 Å². The third-order valence-electron chi connectivity index (χ3n) is 2.13. The average molecular weight is 223 g/mol. The summed E-state index contributed by atoms with van der Waals surface area (Å²) in [5.41, 5.74) is 6.65. The van der Waals surface area contributed by atoms with Crippen molar-refractivity contribution in [3.63, 3.8) is 0 Å². The molecule has 1 aromatic carbocycles. The molecule has 0 heterocycles. The van der Waals surface area contributed by atoms with Crippen molar-refractivity contribution in [1.29, 1.82) is 0 Å². The van der Waals surface area contributed by atoms with E-state index in [0.717, 1.165) is 6.54 Å². The summed E-state index contributed by atoms with van der Waals surface area (Å²) in [5, 5.41) is 6.69. The highest BCUT2D eigenvalue weighted by Gasteiger charge is 2.08. The van der Waals surface area contributed by atoms with E-state index >= 15 is 0 Å². The van der Waals surface area contributed by atoms with Gasteiger partial charge in [-0.1, -0.05) is 37.3 Å². The first-order valence-electron chi connectivity index (χ1n) is 5.05. The molecule has 0 aliphatic rings.